The molecule has 1 rings (SSSR count). The highest BCUT2D eigenvalue weighted by Gasteiger charge is 2.19. The van der Waals surface area contributed by atoms with Gasteiger partial charge in [0, 0.05) is 19.6 Å². The standard InChI is InChI=1S/C15H22F2N2O2/c1-2-19(10-13-6-4-3-5-7-13)15(21)12-18(8-9-20)11-14(16)17/h3-7,14,20H,2,8-12H2,1H3. The Kier molecular flexibility index (Phi) is 7.85. The second-order valence-corrected chi connectivity index (χ2v) is 4.74. The first-order chi connectivity index (χ1) is 10.1. The number of likely N-dealkylation sites (N-methyl/N-ethyl adjacent to an activating group) is 1. The lowest BCUT2D eigenvalue weighted by atomic mass is 10.2. The number of nitrogens with zero attached hydrogens (tertiary/aromatic N) is 2. The monoisotopic (exact) mass is 300 g/mol. The number of aliphatic hydroxyl groups excluding tert-OH is 1. The molecule has 0 saturated heterocycles. The summed E-state index contributed by atoms with van der Waals surface area (Å²) in [7, 11) is 0. The largest absolute Gasteiger partial charge is 0.395 e. The van der Waals surface area contributed by atoms with Crippen molar-refractivity contribution in [2.45, 2.75) is 19.9 Å². The van der Waals surface area contributed by atoms with Crippen LogP contribution in [0.3, 0.4) is 0 Å². The molecule has 0 bridgehead atoms. The summed E-state index contributed by atoms with van der Waals surface area (Å²) in [5.74, 6) is -0.213. The van der Waals surface area contributed by atoms with Crippen LogP contribution >= 0.6 is 0 Å². The van der Waals surface area contributed by atoms with Gasteiger partial charge in [-0.15, -0.1) is 0 Å². The van der Waals surface area contributed by atoms with Gasteiger partial charge >= 0.3 is 0 Å². The highest BCUT2D eigenvalue weighted by Crippen LogP contribution is 2.06. The van der Waals surface area contributed by atoms with Crippen molar-refractivity contribution in [3.05, 3.63) is 35.9 Å². The number of rotatable bonds is 9. The van der Waals surface area contributed by atoms with Crippen LogP contribution in [-0.2, 0) is 11.3 Å². The Balaban J connectivity index is 2.60. The Morgan fingerprint density at radius 2 is 1.95 bits per heavy atom. The molecule has 21 heavy (non-hydrogen) atoms. The molecular weight excluding hydrogens is 278 g/mol. The molecule has 1 N–H and O–H groups in total. The molecule has 0 radical (unpaired) electrons. The maximum Gasteiger partial charge on any atom is 0.251 e. The maximum atomic E-state index is 12.4. The van der Waals surface area contributed by atoms with Gasteiger partial charge in [-0.25, -0.2) is 8.78 Å². The van der Waals surface area contributed by atoms with Gasteiger partial charge in [-0.3, -0.25) is 9.69 Å². The zero-order chi connectivity index (χ0) is 15.7. The molecule has 0 unspecified atom stereocenters. The quantitative estimate of drug-likeness (QED) is 0.753. The van der Waals surface area contributed by atoms with Gasteiger partial charge in [-0.05, 0) is 12.5 Å². The van der Waals surface area contributed by atoms with Gasteiger partial charge < -0.3 is 10.0 Å². The molecule has 0 aromatic heterocycles. The average molecular weight is 300 g/mol. The van der Waals surface area contributed by atoms with Crippen molar-refractivity contribution in [2.75, 3.05) is 32.8 Å². The van der Waals surface area contributed by atoms with Crippen molar-refractivity contribution >= 4 is 5.91 Å². The number of alkyl halides is 2. The lowest BCUT2D eigenvalue weighted by molar-refractivity contribution is -0.133. The van der Waals surface area contributed by atoms with Crippen LogP contribution in [0.15, 0.2) is 30.3 Å². The van der Waals surface area contributed by atoms with E-state index in [9.17, 15) is 13.6 Å². The van der Waals surface area contributed by atoms with Gasteiger partial charge in [0.15, 0.2) is 0 Å². The number of hydrogen-bond donors (Lipinski definition) is 1. The van der Waals surface area contributed by atoms with Crippen molar-refractivity contribution in [3.8, 4) is 0 Å². The Morgan fingerprint density at radius 3 is 2.48 bits per heavy atom. The van der Waals surface area contributed by atoms with E-state index in [2.05, 4.69) is 0 Å². The molecule has 6 heteroatoms. The summed E-state index contributed by atoms with van der Waals surface area (Å²) in [4.78, 5) is 15.1. The SMILES string of the molecule is CCN(Cc1ccccc1)C(=O)CN(CCO)CC(F)F. The molecule has 0 aliphatic heterocycles. The Labute approximate surface area is 124 Å². The van der Waals surface area contributed by atoms with E-state index in [1.165, 1.54) is 4.90 Å². The second-order valence-electron chi connectivity index (χ2n) is 4.74. The lowest BCUT2D eigenvalue weighted by Crippen LogP contribution is -2.42. The molecular formula is C15H22F2N2O2. The van der Waals surface area contributed by atoms with Crippen molar-refractivity contribution in [2.24, 2.45) is 0 Å². The van der Waals surface area contributed by atoms with Crippen molar-refractivity contribution in [3.63, 3.8) is 0 Å². The molecule has 4 nitrogen and oxygen atoms in total. The lowest BCUT2D eigenvalue weighted by Gasteiger charge is -2.26. The number of aliphatic hydroxyl groups is 1. The fraction of sp³-hybridized carbons (Fsp3) is 0.533. The minimum absolute atomic E-state index is 0.0684. The van der Waals surface area contributed by atoms with Crippen LogP contribution in [0.1, 0.15) is 12.5 Å². The fourth-order valence-corrected chi connectivity index (χ4v) is 2.04. The first-order valence-corrected chi connectivity index (χ1v) is 6.99. The second kappa shape index (κ2) is 9.41. The molecule has 0 atom stereocenters. The summed E-state index contributed by atoms with van der Waals surface area (Å²) in [6, 6.07) is 9.51. The summed E-state index contributed by atoms with van der Waals surface area (Å²) >= 11 is 0. The number of amides is 1. The number of carbonyl (C=O) groups excluding carboxylic acids is 1. The Hall–Kier alpha value is -1.53. The van der Waals surface area contributed by atoms with Crippen LogP contribution in [0.4, 0.5) is 8.78 Å². The van der Waals surface area contributed by atoms with E-state index in [4.69, 9.17) is 5.11 Å². The number of carbonyl (C=O) groups is 1. The molecule has 1 amide bonds. The molecule has 118 valence electrons. The molecule has 0 saturated carbocycles. The van der Waals surface area contributed by atoms with Crippen molar-refractivity contribution in [1.29, 1.82) is 0 Å². The highest BCUT2D eigenvalue weighted by atomic mass is 19.3. The van der Waals surface area contributed by atoms with E-state index in [0.717, 1.165) is 5.56 Å². The first kappa shape index (κ1) is 17.5. The van der Waals surface area contributed by atoms with Crippen LogP contribution < -0.4 is 0 Å². The molecule has 1 aromatic carbocycles. The van der Waals surface area contributed by atoms with Gasteiger partial charge in [0.2, 0.25) is 5.91 Å². The van der Waals surface area contributed by atoms with E-state index >= 15 is 0 Å². The number of hydrogen-bond acceptors (Lipinski definition) is 3. The van der Waals surface area contributed by atoms with Gasteiger partial charge in [0.05, 0.1) is 19.7 Å². The predicted octanol–water partition coefficient (Wildman–Crippen LogP) is 1.59. The molecule has 0 aliphatic rings. The van der Waals surface area contributed by atoms with Crippen LogP contribution in [-0.4, -0.2) is 60.0 Å². The summed E-state index contributed by atoms with van der Waals surface area (Å²) in [5.41, 5.74) is 0.996. The maximum absolute atomic E-state index is 12.4. The normalized spacial score (nSPS) is 11.1. The van der Waals surface area contributed by atoms with Crippen molar-refractivity contribution < 1.29 is 18.7 Å². The zero-order valence-corrected chi connectivity index (χ0v) is 12.2. The van der Waals surface area contributed by atoms with Crippen LogP contribution in [0.5, 0.6) is 0 Å². The number of halogens is 2. The third-order valence-corrected chi connectivity index (χ3v) is 3.12. The van der Waals surface area contributed by atoms with E-state index < -0.39 is 13.0 Å². The van der Waals surface area contributed by atoms with E-state index in [-0.39, 0.29) is 25.6 Å². The minimum Gasteiger partial charge on any atom is -0.395 e. The van der Waals surface area contributed by atoms with Gasteiger partial charge in [-0.1, -0.05) is 30.3 Å². The molecule has 0 heterocycles. The molecule has 0 fully saturated rings. The van der Waals surface area contributed by atoms with Crippen LogP contribution in [0.25, 0.3) is 0 Å². The third kappa shape index (κ3) is 6.64. The van der Waals surface area contributed by atoms with Gasteiger partial charge in [0.1, 0.15) is 0 Å². The average Bonchev–Trinajstić information content (AvgIpc) is 2.45. The summed E-state index contributed by atoms with van der Waals surface area (Å²) in [6.07, 6.45) is -2.52. The zero-order valence-electron chi connectivity index (χ0n) is 12.2. The Bertz CT molecular complexity index is 415. The van der Waals surface area contributed by atoms with Crippen LogP contribution in [0, 0.1) is 0 Å². The minimum atomic E-state index is -2.52. The van der Waals surface area contributed by atoms with E-state index in [0.29, 0.717) is 13.1 Å². The van der Waals surface area contributed by atoms with Crippen molar-refractivity contribution in [1.82, 2.24) is 9.80 Å². The topological polar surface area (TPSA) is 43.8 Å². The van der Waals surface area contributed by atoms with Gasteiger partial charge in [-0.2, -0.15) is 0 Å². The first-order valence-electron chi connectivity index (χ1n) is 6.99. The van der Waals surface area contributed by atoms with E-state index in [1.54, 1.807) is 4.90 Å². The highest BCUT2D eigenvalue weighted by molar-refractivity contribution is 5.78. The third-order valence-electron chi connectivity index (χ3n) is 3.12. The predicted molar refractivity (Wildman–Crippen MR) is 77.1 cm³/mol. The fourth-order valence-electron chi connectivity index (χ4n) is 2.04. The summed E-state index contributed by atoms with van der Waals surface area (Å²) in [5, 5.41) is 8.88. The molecule has 0 spiro atoms. The van der Waals surface area contributed by atoms with E-state index in [1.807, 2.05) is 37.3 Å². The smallest absolute Gasteiger partial charge is 0.251 e. The van der Waals surface area contributed by atoms with Crippen LogP contribution in [0.2, 0.25) is 0 Å². The number of benzene rings is 1. The molecule has 1 aromatic rings. The summed E-state index contributed by atoms with van der Waals surface area (Å²) < 4.78 is 24.9. The Morgan fingerprint density at radius 1 is 1.29 bits per heavy atom. The van der Waals surface area contributed by atoms with Gasteiger partial charge in [0.25, 0.3) is 6.43 Å². The summed E-state index contributed by atoms with van der Waals surface area (Å²) in [6.45, 7) is 2.03. The molecule has 0 aliphatic carbocycles.